The number of anilines is 1. The third-order valence-corrected chi connectivity index (χ3v) is 3.87. The number of aliphatic hydroxyl groups excluding tert-OH is 1. The van der Waals surface area contributed by atoms with E-state index in [9.17, 15) is 18.3 Å². The molecule has 0 amide bonds. The molecule has 2 rings (SSSR count). The minimum absolute atomic E-state index is 0.0646. The van der Waals surface area contributed by atoms with Gasteiger partial charge in [0.05, 0.1) is 11.7 Å². The summed E-state index contributed by atoms with van der Waals surface area (Å²) in [6, 6.07) is 3.69. The van der Waals surface area contributed by atoms with Crippen molar-refractivity contribution in [1.29, 1.82) is 0 Å². The van der Waals surface area contributed by atoms with Crippen LogP contribution < -0.4 is 10.6 Å². The lowest BCUT2D eigenvalue weighted by Crippen LogP contribution is -2.25. The maximum atomic E-state index is 12.7. The van der Waals surface area contributed by atoms with Crippen molar-refractivity contribution in [2.24, 2.45) is 11.7 Å². The smallest absolute Gasteiger partial charge is 0.393 e. The van der Waals surface area contributed by atoms with Crippen molar-refractivity contribution in [3.63, 3.8) is 0 Å². The van der Waals surface area contributed by atoms with Gasteiger partial charge in [0.2, 0.25) is 0 Å². The van der Waals surface area contributed by atoms with Crippen molar-refractivity contribution in [3.8, 4) is 0 Å². The van der Waals surface area contributed by atoms with E-state index in [1.807, 2.05) is 4.90 Å². The molecular weight excluding hydrogens is 269 g/mol. The second kappa shape index (κ2) is 5.61. The fourth-order valence-corrected chi connectivity index (χ4v) is 2.63. The number of hydrogen-bond donors (Lipinski definition) is 2. The first kappa shape index (κ1) is 15.1. The molecule has 1 aromatic rings. The molecule has 2 unspecified atom stereocenters. The summed E-state index contributed by atoms with van der Waals surface area (Å²) >= 11 is 0. The zero-order chi connectivity index (χ0) is 14.9. The Morgan fingerprint density at radius 2 is 2.15 bits per heavy atom. The molecule has 2 atom stereocenters. The summed E-state index contributed by atoms with van der Waals surface area (Å²) in [6.45, 7) is 3.18. The largest absolute Gasteiger partial charge is 0.416 e. The normalized spacial score (nSPS) is 21.3. The van der Waals surface area contributed by atoms with E-state index in [1.54, 1.807) is 6.92 Å². The molecule has 3 nitrogen and oxygen atoms in total. The van der Waals surface area contributed by atoms with Crippen LogP contribution in [0.3, 0.4) is 0 Å². The molecule has 1 aromatic carbocycles. The van der Waals surface area contributed by atoms with Crippen LogP contribution >= 0.6 is 0 Å². The fourth-order valence-electron chi connectivity index (χ4n) is 2.63. The van der Waals surface area contributed by atoms with Crippen LogP contribution in [0.1, 0.15) is 24.5 Å². The summed E-state index contributed by atoms with van der Waals surface area (Å²) in [5.74, 6) is 0.155. The average Bonchev–Trinajstić information content (AvgIpc) is 2.86. The van der Waals surface area contributed by atoms with Crippen LogP contribution in [0.5, 0.6) is 0 Å². The van der Waals surface area contributed by atoms with Crippen molar-refractivity contribution in [1.82, 2.24) is 0 Å². The molecule has 3 N–H and O–H groups in total. The highest BCUT2D eigenvalue weighted by Crippen LogP contribution is 2.34. The van der Waals surface area contributed by atoms with Gasteiger partial charge in [-0.15, -0.1) is 0 Å². The molecule has 1 heterocycles. The summed E-state index contributed by atoms with van der Waals surface area (Å²) in [7, 11) is 0. The van der Waals surface area contributed by atoms with Gasteiger partial charge in [0, 0.05) is 31.2 Å². The minimum atomic E-state index is -4.35. The number of nitrogens with zero attached hydrogens (tertiary/aromatic N) is 1. The van der Waals surface area contributed by atoms with E-state index >= 15 is 0 Å². The van der Waals surface area contributed by atoms with Crippen molar-refractivity contribution in [3.05, 3.63) is 29.3 Å². The van der Waals surface area contributed by atoms with Gasteiger partial charge in [0.1, 0.15) is 0 Å². The second-order valence-corrected chi connectivity index (χ2v) is 5.28. The molecule has 0 saturated carbocycles. The lowest BCUT2D eigenvalue weighted by Gasteiger charge is -2.23. The van der Waals surface area contributed by atoms with Crippen LogP contribution in [-0.4, -0.2) is 24.3 Å². The maximum absolute atomic E-state index is 12.7. The van der Waals surface area contributed by atoms with E-state index in [0.29, 0.717) is 12.1 Å². The second-order valence-electron chi connectivity index (χ2n) is 5.28. The SMILES string of the molecule is CC(O)C1CCN(c2ccc(C(F)(F)F)cc2CN)C1. The molecule has 0 aromatic heterocycles. The minimum Gasteiger partial charge on any atom is -0.393 e. The van der Waals surface area contributed by atoms with Gasteiger partial charge in [0.25, 0.3) is 0 Å². The van der Waals surface area contributed by atoms with Gasteiger partial charge >= 0.3 is 6.18 Å². The topological polar surface area (TPSA) is 49.5 Å². The Labute approximate surface area is 116 Å². The van der Waals surface area contributed by atoms with Gasteiger partial charge in [-0.2, -0.15) is 13.2 Å². The van der Waals surface area contributed by atoms with Crippen LogP contribution in [0.15, 0.2) is 18.2 Å². The molecule has 0 spiro atoms. The Hall–Kier alpha value is -1.27. The first-order valence-corrected chi connectivity index (χ1v) is 6.66. The standard InChI is InChI=1S/C14H19F3N2O/c1-9(20)10-4-5-19(8-10)13-3-2-12(14(15,16)17)6-11(13)7-18/h2-3,6,9-10,20H,4-5,7-8,18H2,1H3. The number of aliphatic hydroxyl groups is 1. The average molecular weight is 288 g/mol. The Balaban J connectivity index is 2.25. The molecule has 20 heavy (non-hydrogen) atoms. The first-order valence-electron chi connectivity index (χ1n) is 6.66. The fraction of sp³-hybridized carbons (Fsp3) is 0.571. The lowest BCUT2D eigenvalue weighted by molar-refractivity contribution is -0.137. The Kier molecular flexibility index (Phi) is 4.25. The predicted molar refractivity (Wildman–Crippen MR) is 71.3 cm³/mol. The Morgan fingerprint density at radius 1 is 1.45 bits per heavy atom. The number of hydrogen-bond acceptors (Lipinski definition) is 3. The maximum Gasteiger partial charge on any atom is 0.416 e. The van der Waals surface area contributed by atoms with Gasteiger partial charge in [-0.25, -0.2) is 0 Å². The molecular formula is C14H19F3N2O. The van der Waals surface area contributed by atoms with Crippen molar-refractivity contribution in [2.45, 2.75) is 32.2 Å². The molecule has 0 aliphatic carbocycles. The summed E-state index contributed by atoms with van der Waals surface area (Å²) < 4.78 is 38.1. The summed E-state index contributed by atoms with van der Waals surface area (Å²) in [4.78, 5) is 2.00. The van der Waals surface area contributed by atoms with Crippen LogP contribution in [0, 0.1) is 5.92 Å². The predicted octanol–water partition coefficient (Wildman–Crippen LogP) is 2.37. The van der Waals surface area contributed by atoms with Crippen molar-refractivity contribution < 1.29 is 18.3 Å². The molecule has 0 bridgehead atoms. The molecule has 1 saturated heterocycles. The number of benzene rings is 1. The molecule has 112 valence electrons. The van der Waals surface area contributed by atoms with Crippen molar-refractivity contribution in [2.75, 3.05) is 18.0 Å². The van der Waals surface area contributed by atoms with E-state index in [-0.39, 0.29) is 12.5 Å². The molecule has 1 fully saturated rings. The molecule has 1 aliphatic rings. The summed E-state index contributed by atoms with van der Waals surface area (Å²) in [6.07, 6.45) is -3.92. The summed E-state index contributed by atoms with van der Waals surface area (Å²) in [5.41, 5.74) is 6.14. The monoisotopic (exact) mass is 288 g/mol. The molecule has 0 radical (unpaired) electrons. The van der Waals surface area contributed by atoms with Gasteiger partial charge in [-0.05, 0) is 37.1 Å². The van der Waals surface area contributed by atoms with Crippen LogP contribution in [-0.2, 0) is 12.7 Å². The van der Waals surface area contributed by atoms with E-state index in [1.165, 1.54) is 6.07 Å². The third-order valence-electron chi connectivity index (χ3n) is 3.87. The third kappa shape index (κ3) is 3.07. The highest BCUT2D eigenvalue weighted by atomic mass is 19.4. The highest BCUT2D eigenvalue weighted by molar-refractivity contribution is 5.56. The van der Waals surface area contributed by atoms with E-state index in [2.05, 4.69) is 0 Å². The zero-order valence-electron chi connectivity index (χ0n) is 11.3. The van der Waals surface area contributed by atoms with E-state index < -0.39 is 17.8 Å². The number of nitrogens with two attached hydrogens (primary N) is 1. The van der Waals surface area contributed by atoms with Crippen LogP contribution in [0.4, 0.5) is 18.9 Å². The number of rotatable bonds is 3. The number of alkyl halides is 3. The highest BCUT2D eigenvalue weighted by Gasteiger charge is 2.32. The van der Waals surface area contributed by atoms with Gasteiger partial charge in [-0.3, -0.25) is 0 Å². The van der Waals surface area contributed by atoms with E-state index in [0.717, 1.165) is 30.8 Å². The van der Waals surface area contributed by atoms with Gasteiger partial charge in [-0.1, -0.05) is 0 Å². The Morgan fingerprint density at radius 3 is 2.65 bits per heavy atom. The molecule has 6 heteroatoms. The molecule has 1 aliphatic heterocycles. The van der Waals surface area contributed by atoms with Crippen LogP contribution in [0.25, 0.3) is 0 Å². The van der Waals surface area contributed by atoms with E-state index in [4.69, 9.17) is 5.73 Å². The van der Waals surface area contributed by atoms with Crippen LogP contribution in [0.2, 0.25) is 0 Å². The lowest BCUT2D eigenvalue weighted by atomic mass is 10.0. The zero-order valence-corrected chi connectivity index (χ0v) is 11.3. The first-order chi connectivity index (χ1) is 9.32. The quantitative estimate of drug-likeness (QED) is 0.898. The Bertz CT molecular complexity index is 474. The van der Waals surface area contributed by atoms with Gasteiger partial charge < -0.3 is 15.7 Å². The number of halogens is 3. The summed E-state index contributed by atoms with van der Waals surface area (Å²) in [5, 5.41) is 9.59. The van der Waals surface area contributed by atoms with Gasteiger partial charge in [0.15, 0.2) is 0 Å². The van der Waals surface area contributed by atoms with Crippen molar-refractivity contribution >= 4 is 5.69 Å².